The molecule has 6 aromatic carbocycles. The van der Waals surface area contributed by atoms with Crippen LogP contribution >= 0.6 is 0 Å². The Morgan fingerprint density at radius 2 is 0.936 bits per heavy atom. The second-order valence-electron chi connectivity index (χ2n) is 15.7. The minimum atomic E-state index is -0.323. The lowest BCUT2D eigenvalue weighted by Gasteiger charge is -2.42. The lowest BCUT2D eigenvalue weighted by molar-refractivity contribution is 0.330. The van der Waals surface area contributed by atoms with Gasteiger partial charge in [-0.15, -0.1) is 0 Å². The van der Waals surface area contributed by atoms with Crippen molar-refractivity contribution in [2.75, 3.05) is 4.90 Å². The summed E-state index contributed by atoms with van der Waals surface area (Å²) in [5.74, 6) is 0. The molecule has 4 aliphatic rings. The van der Waals surface area contributed by atoms with E-state index in [9.17, 15) is 0 Å². The van der Waals surface area contributed by atoms with Crippen LogP contribution in [0.5, 0.6) is 0 Å². The van der Waals surface area contributed by atoms with Crippen LogP contribution in [0.2, 0.25) is 0 Å². The van der Waals surface area contributed by atoms with Crippen LogP contribution in [0.25, 0.3) is 33.4 Å². The van der Waals surface area contributed by atoms with Gasteiger partial charge >= 0.3 is 0 Å². The average Bonchev–Trinajstić information content (AvgIpc) is 3.68. The maximum atomic E-state index is 2.67. The Balaban J connectivity index is 1.20. The molecule has 1 saturated carbocycles. The number of fused-ring (bicyclic) bond motifs is 13. The van der Waals surface area contributed by atoms with Gasteiger partial charge in [-0.25, -0.2) is 0 Å². The maximum Gasteiger partial charge on any atom is 0.0725 e. The summed E-state index contributed by atoms with van der Waals surface area (Å²) in [5, 5.41) is 0. The summed E-state index contributed by atoms with van der Waals surface area (Å²) in [6.07, 6.45) is 2.33. The fourth-order valence-electron chi connectivity index (χ4n) is 10.9. The van der Waals surface area contributed by atoms with Gasteiger partial charge in [-0.1, -0.05) is 130 Å². The molecule has 228 valence electrons. The van der Waals surface area contributed by atoms with Crippen molar-refractivity contribution < 1.29 is 0 Å². The maximum absolute atomic E-state index is 2.67. The van der Waals surface area contributed by atoms with Crippen molar-refractivity contribution in [3.63, 3.8) is 0 Å². The van der Waals surface area contributed by atoms with Crippen molar-refractivity contribution in [3.8, 4) is 33.4 Å². The number of hydrogen-bond acceptors (Lipinski definition) is 1. The van der Waals surface area contributed by atoms with Crippen molar-refractivity contribution >= 4 is 11.4 Å². The van der Waals surface area contributed by atoms with Crippen molar-refractivity contribution in [1.82, 2.24) is 0 Å². The van der Waals surface area contributed by atoms with E-state index in [0.717, 1.165) is 6.42 Å². The topological polar surface area (TPSA) is 3.24 Å². The van der Waals surface area contributed by atoms with Crippen molar-refractivity contribution in [3.05, 3.63) is 167 Å². The largest absolute Gasteiger partial charge is 0.334 e. The molecule has 2 unspecified atom stereocenters. The lowest BCUT2D eigenvalue weighted by Crippen LogP contribution is -2.49. The first-order chi connectivity index (χ1) is 22.8. The molecular formula is C46H39N. The minimum Gasteiger partial charge on any atom is -0.334 e. The Morgan fingerprint density at radius 1 is 0.447 bits per heavy atom. The molecule has 6 aromatic rings. The van der Waals surface area contributed by atoms with Gasteiger partial charge in [0, 0.05) is 16.8 Å². The summed E-state index contributed by atoms with van der Waals surface area (Å²) >= 11 is 0. The van der Waals surface area contributed by atoms with Crippen LogP contribution in [0, 0.1) is 5.41 Å². The number of hydrogen-bond donors (Lipinski definition) is 0. The van der Waals surface area contributed by atoms with Crippen LogP contribution in [-0.2, 0) is 10.8 Å². The molecule has 0 radical (unpaired) electrons. The van der Waals surface area contributed by atoms with Gasteiger partial charge in [0.1, 0.15) is 0 Å². The lowest BCUT2D eigenvalue weighted by atomic mass is 9.70. The Kier molecular flexibility index (Phi) is 5.17. The summed E-state index contributed by atoms with van der Waals surface area (Å²) in [6, 6.07) is 53.0. The van der Waals surface area contributed by atoms with Crippen LogP contribution in [0.15, 0.2) is 140 Å². The fourth-order valence-corrected chi connectivity index (χ4v) is 10.9. The number of anilines is 2. The fraction of sp³-hybridized carbons (Fsp3) is 0.217. The first-order valence-electron chi connectivity index (χ1n) is 17.2. The van der Waals surface area contributed by atoms with Gasteiger partial charge in [-0.2, -0.15) is 0 Å². The van der Waals surface area contributed by atoms with Gasteiger partial charge in [0.25, 0.3) is 0 Å². The van der Waals surface area contributed by atoms with Crippen LogP contribution < -0.4 is 4.90 Å². The third-order valence-corrected chi connectivity index (χ3v) is 12.5. The average molecular weight is 606 g/mol. The number of rotatable bonds is 2. The van der Waals surface area contributed by atoms with E-state index >= 15 is 0 Å². The highest BCUT2D eigenvalue weighted by Gasteiger charge is 2.64. The predicted molar refractivity (Wildman–Crippen MR) is 196 cm³/mol. The van der Waals surface area contributed by atoms with Gasteiger partial charge in [0.2, 0.25) is 0 Å². The Labute approximate surface area is 278 Å². The van der Waals surface area contributed by atoms with Crippen molar-refractivity contribution in [1.29, 1.82) is 0 Å². The van der Waals surface area contributed by atoms with Gasteiger partial charge in [-0.3, -0.25) is 0 Å². The van der Waals surface area contributed by atoms with Crippen LogP contribution in [0.1, 0.15) is 68.4 Å². The zero-order chi connectivity index (χ0) is 31.8. The van der Waals surface area contributed by atoms with E-state index in [1.165, 1.54) is 79.0 Å². The van der Waals surface area contributed by atoms with Crippen LogP contribution in [0.3, 0.4) is 0 Å². The molecule has 10 rings (SSSR count). The molecule has 2 atom stereocenters. The molecule has 0 aromatic heterocycles. The molecule has 47 heavy (non-hydrogen) atoms. The molecule has 1 nitrogen and oxygen atoms in total. The van der Waals surface area contributed by atoms with Gasteiger partial charge in [0.05, 0.1) is 11.0 Å². The summed E-state index contributed by atoms with van der Waals surface area (Å²) < 4.78 is 0. The molecule has 0 N–H and O–H groups in total. The number of benzene rings is 6. The number of nitrogens with zero attached hydrogens (tertiary/aromatic N) is 1. The Bertz CT molecular complexity index is 2210. The highest BCUT2D eigenvalue weighted by Crippen LogP contribution is 2.67. The van der Waals surface area contributed by atoms with Gasteiger partial charge < -0.3 is 4.90 Å². The molecular weight excluding hydrogens is 567 g/mol. The van der Waals surface area contributed by atoms with Crippen LogP contribution in [-0.4, -0.2) is 5.54 Å². The second-order valence-corrected chi connectivity index (χ2v) is 15.7. The standard InChI is InChI=1S/C46H39N/c1-43(2)28-44(3)41-27-31(23-25-42(41)47(45(44,4)29-43)32-14-6-5-7-15-32)30-22-24-36-35-18-10-13-21-39(35)46(40(36)26-30)37-19-11-8-16-33(37)34-17-9-12-20-38(34)46/h5-27H,28-29H2,1-4H3. The van der Waals surface area contributed by atoms with Crippen LogP contribution in [0.4, 0.5) is 11.4 Å². The normalized spacial score (nSPS) is 23.2. The molecule has 3 aliphatic carbocycles. The van der Waals surface area contributed by atoms with Gasteiger partial charge in [0.15, 0.2) is 0 Å². The number of para-hydroxylation sites is 1. The highest BCUT2D eigenvalue weighted by atomic mass is 15.3. The zero-order valence-electron chi connectivity index (χ0n) is 27.6. The Hall–Kier alpha value is -4.88. The molecule has 0 amide bonds. The van der Waals surface area contributed by atoms with Gasteiger partial charge in [-0.05, 0) is 117 Å². The smallest absolute Gasteiger partial charge is 0.0725 e. The van der Waals surface area contributed by atoms with Crippen molar-refractivity contribution in [2.45, 2.75) is 56.9 Å². The molecule has 1 heterocycles. The van der Waals surface area contributed by atoms with E-state index in [1.807, 2.05) is 0 Å². The molecule has 1 heteroatoms. The van der Waals surface area contributed by atoms with Crippen molar-refractivity contribution in [2.24, 2.45) is 5.41 Å². The van der Waals surface area contributed by atoms with E-state index in [1.54, 1.807) is 0 Å². The predicted octanol–water partition coefficient (Wildman–Crippen LogP) is 11.7. The van der Waals surface area contributed by atoms with E-state index < -0.39 is 0 Å². The summed E-state index contributed by atoms with van der Waals surface area (Å²) in [6.45, 7) is 9.97. The van der Waals surface area contributed by atoms with E-state index in [-0.39, 0.29) is 21.8 Å². The molecule has 0 bridgehead atoms. The molecule has 1 fully saturated rings. The van der Waals surface area contributed by atoms with E-state index in [2.05, 4.69) is 172 Å². The first-order valence-corrected chi connectivity index (χ1v) is 17.2. The Morgan fingerprint density at radius 3 is 1.53 bits per heavy atom. The third-order valence-electron chi connectivity index (χ3n) is 12.5. The monoisotopic (exact) mass is 605 g/mol. The summed E-state index contributed by atoms with van der Waals surface area (Å²) in [7, 11) is 0. The third kappa shape index (κ3) is 3.25. The quantitative estimate of drug-likeness (QED) is 0.189. The highest BCUT2D eigenvalue weighted by molar-refractivity contribution is 5.96. The molecule has 1 aliphatic heterocycles. The summed E-state index contributed by atoms with van der Waals surface area (Å²) in [5.41, 5.74) is 17.7. The second kappa shape index (κ2) is 8.92. The van der Waals surface area contributed by atoms with E-state index in [4.69, 9.17) is 0 Å². The summed E-state index contributed by atoms with van der Waals surface area (Å²) in [4.78, 5) is 2.67. The SMILES string of the molecule is CC1(C)CC2(C)c3cc(-c4ccc5c(c4)C4(c6ccccc6-c6ccccc64)c4ccccc4-5)ccc3N(c3ccccc3)C2(C)C1. The zero-order valence-corrected chi connectivity index (χ0v) is 27.6. The molecule has 1 spiro atoms. The van der Waals surface area contributed by atoms with E-state index in [0.29, 0.717) is 0 Å². The first kappa shape index (κ1) is 27.3. The minimum absolute atomic E-state index is 0.000282. The molecule has 0 saturated heterocycles.